The molecule has 0 bridgehead atoms. The maximum Gasteiger partial charge on any atom is 0.0608 e. The molecule has 18 heavy (non-hydrogen) atoms. The Kier molecular flexibility index (Phi) is 9.54. The first kappa shape index (κ1) is 15.9. The van der Waals surface area contributed by atoms with Gasteiger partial charge in [-0.1, -0.05) is 51.9 Å². The number of hydrazine groups is 1. The molecule has 1 aliphatic heterocycles. The van der Waals surface area contributed by atoms with Crippen LogP contribution in [0.15, 0.2) is 0 Å². The van der Waals surface area contributed by atoms with Crippen molar-refractivity contribution in [2.24, 2.45) is 0 Å². The monoisotopic (exact) mass is 256 g/mol. The minimum Gasteiger partial charge on any atom is -0.379 e. The summed E-state index contributed by atoms with van der Waals surface area (Å²) in [7, 11) is 2.21. The van der Waals surface area contributed by atoms with Gasteiger partial charge in [0.05, 0.1) is 13.2 Å². The predicted molar refractivity (Wildman–Crippen MR) is 77.6 cm³/mol. The topological polar surface area (TPSA) is 15.7 Å². The van der Waals surface area contributed by atoms with Crippen LogP contribution in [0.3, 0.4) is 0 Å². The van der Waals surface area contributed by atoms with Crippen LogP contribution in [0.4, 0.5) is 0 Å². The summed E-state index contributed by atoms with van der Waals surface area (Å²) in [5, 5.41) is 4.81. The zero-order chi connectivity index (χ0) is 13.1. The van der Waals surface area contributed by atoms with E-state index in [0.717, 1.165) is 26.3 Å². The first-order valence-electron chi connectivity index (χ1n) is 7.88. The molecule has 0 aromatic rings. The highest BCUT2D eigenvalue weighted by atomic mass is 16.5. The third kappa shape index (κ3) is 7.34. The van der Waals surface area contributed by atoms with Crippen LogP contribution in [0, 0.1) is 0 Å². The third-order valence-electron chi connectivity index (χ3n) is 3.81. The normalized spacial score (nSPS) is 17.5. The molecule has 0 amide bonds. The van der Waals surface area contributed by atoms with Crippen LogP contribution in [-0.2, 0) is 4.74 Å². The van der Waals surface area contributed by atoms with E-state index < -0.39 is 0 Å². The molecule has 3 nitrogen and oxygen atoms in total. The molecule has 0 N–H and O–H groups in total. The lowest BCUT2D eigenvalue weighted by atomic mass is 10.1. The van der Waals surface area contributed by atoms with Crippen LogP contribution in [-0.4, -0.2) is 49.9 Å². The van der Waals surface area contributed by atoms with E-state index in [1.807, 2.05) is 0 Å². The zero-order valence-corrected chi connectivity index (χ0v) is 12.5. The lowest BCUT2D eigenvalue weighted by molar-refractivity contribution is -0.0759. The van der Waals surface area contributed by atoms with Crippen LogP contribution in [0.25, 0.3) is 0 Å². The Morgan fingerprint density at radius 3 is 2.06 bits per heavy atom. The molecule has 0 unspecified atom stereocenters. The van der Waals surface area contributed by atoms with E-state index in [-0.39, 0.29) is 0 Å². The van der Waals surface area contributed by atoms with Gasteiger partial charge in [0.2, 0.25) is 0 Å². The van der Waals surface area contributed by atoms with Gasteiger partial charge in [0.15, 0.2) is 0 Å². The van der Waals surface area contributed by atoms with Crippen molar-refractivity contribution in [3.63, 3.8) is 0 Å². The van der Waals surface area contributed by atoms with E-state index >= 15 is 0 Å². The van der Waals surface area contributed by atoms with Gasteiger partial charge in [0.1, 0.15) is 0 Å². The number of unbranched alkanes of at least 4 members (excludes halogenated alkanes) is 7. The summed E-state index contributed by atoms with van der Waals surface area (Å²) in [5.74, 6) is 0. The quantitative estimate of drug-likeness (QED) is 0.558. The van der Waals surface area contributed by atoms with Crippen LogP contribution in [0.1, 0.15) is 58.3 Å². The molecule has 0 aromatic carbocycles. The molecular weight excluding hydrogens is 224 g/mol. The Bertz CT molecular complexity index is 181. The van der Waals surface area contributed by atoms with Crippen LogP contribution < -0.4 is 0 Å². The molecule has 0 radical (unpaired) electrons. The van der Waals surface area contributed by atoms with Crippen molar-refractivity contribution in [2.75, 3.05) is 39.9 Å². The average Bonchev–Trinajstić information content (AvgIpc) is 2.42. The molecule has 3 heteroatoms. The second-order valence-corrected chi connectivity index (χ2v) is 5.42. The molecule has 0 saturated carbocycles. The molecular formula is C15H32N2O. The fourth-order valence-electron chi connectivity index (χ4n) is 2.51. The van der Waals surface area contributed by atoms with Gasteiger partial charge in [-0.3, -0.25) is 0 Å². The number of rotatable bonds is 10. The smallest absolute Gasteiger partial charge is 0.0608 e. The molecule has 1 saturated heterocycles. The molecule has 1 heterocycles. The van der Waals surface area contributed by atoms with Gasteiger partial charge in [0, 0.05) is 26.7 Å². The Labute approximate surface area is 113 Å². The van der Waals surface area contributed by atoms with Crippen LogP contribution in [0.5, 0.6) is 0 Å². The summed E-state index contributed by atoms with van der Waals surface area (Å²) in [5.41, 5.74) is 0. The standard InChI is InChI=1S/C15H32N2O/c1-3-4-5-6-7-8-9-10-11-16(2)17-12-14-18-15-13-17/h3-15H2,1-2H3. The van der Waals surface area contributed by atoms with Gasteiger partial charge in [0.25, 0.3) is 0 Å². The van der Waals surface area contributed by atoms with Gasteiger partial charge in [-0.05, 0) is 6.42 Å². The molecule has 1 aliphatic rings. The Hall–Kier alpha value is -0.120. The second kappa shape index (κ2) is 10.8. The first-order chi connectivity index (χ1) is 8.84. The van der Waals surface area contributed by atoms with Crippen molar-refractivity contribution in [1.82, 2.24) is 10.0 Å². The second-order valence-electron chi connectivity index (χ2n) is 5.42. The summed E-state index contributed by atoms with van der Waals surface area (Å²) in [4.78, 5) is 0. The average molecular weight is 256 g/mol. The SMILES string of the molecule is CCCCCCCCCCN(C)N1CCOCC1. The maximum atomic E-state index is 5.37. The van der Waals surface area contributed by atoms with Gasteiger partial charge >= 0.3 is 0 Å². The van der Waals surface area contributed by atoms with E-state index in [0.29, 0.717) is 0 Å². The highest BCUT2D eigenvalue weighted by Gasteiger charge is 2.13. The lowest BCUT2D eigenvalue weighted by Crippen LogP contribution is -2.47. The highest BCUT2D eigenvalue weighted by molar-refractivity contribution is 4.59. The van der Waals surface area contributed by atoms with Crippen molar-refractivity contribution in [2.45, 2.75) is 58.3 Å². The minimum atomic E-state index is 0.891. The molecule has 108 valence electrons. The first-order valence-corrected chi connectivity index (χ1v) is 7.88. The predicted octanol–water partition coefficient (Wildman–Crippen LogP) is 3.31. The minimum absolute atomic E-state index is 0.891. The Balaban J connectivity index is 1.87. The fraction of sp³-hybridized carbons (Fsp3) is 1.00. The molecule has 1 rings (SSSR count). The number of hydrogen-bond acceptors (Lipinski definition) is 3. The Morgan fingerprint density at radius 2 is 1.44 bits per heavy atom. The number of ether oxygens (including phenoxy) is 1. The van der Waals surface area contributed by atoms with Gasteiger partial charge in [-0.25, -0.2) is 10.0 Å². The fourth-order valence-corrected chi connectivity index (χ4v) is 2.51. The maximum absolute atomic E-state index is 5.37. The highest BCUT2D eigenvalue weighted by Crippen LogP contribution is 2.09. The van der Waals surface area contributed by atoms with E-state index in [9.17, 15) is 0 Å². The summed E-state index contributed by atoms with van der Waals surface area (Å²) in [6, 6.07) is 0. The molecule has 0 aromatic heterocycles. The van der Waals surface area contributed by atoms with Crippen molar-refractivity contribution in [1.29, 1.82) is 0 Å². The van der Waals surface area contributed by atoms with E-state index in [2.05, 4.69) is 24.0 Å². The molecule has 1 fully saturated rings. The van der Waals surface area contributed by atoms with Gasteiger partial charge in [-0.2, -0.15) is 0 Å². The van der Waals surface area contributed by atoms with E-state index in [1.54, 1.807) is 0 Å². The largest absolute Gasteiger partial charge is 0.379 e. The molecule has 0 aliphatic carbocycles. The summed E-state index contributed by atoms with van der Waals surface area (Å²) in [6.45, 7) is 7.39. The Morgan fingerprint density at radius 1 is 0.889 bits per heavy atom. The molecule has 0 spiro atoms. The van der Waals surface area contributed by atoms with Gasteiger partial charge < -0.3 is 4.74 Å². The van der Waals surface area contributed by atoms with Crippen molar-refractivity contribution < 1.29 is 4.74 Å². The molecule has 0 atom stereocenters. The van der Waals surface area contributed by atoms with Crippen LogP contribution in [0.2, 0.25) is 0 Å². The van der Waals surface area contributed by atoms with E-state index in [1.165, 1.54) is 57.9 Å². The number of nitrogens with zero attached hydrogens (tertiary/aromatic N) is 2. The third-order valence-corrected chi connectivity index (χ3v) is 3.81. The van der Waals surface area contributed by atoms with Crippen molar-refractivity contribution >= 4 is 0 Å². The van der Waals surface area contributed by atoms with Crippen molar-refractivity contribution in [3.05, 3.63) is 0 Å². The van der Waals surface area contributed by atoms with Crippen LogP contribution >= 0.6 is 0 Å². The summed E-state index contributed by atoms with van der Waals surface area (Å²) < 4.78 is 5.37. The lowest BCUT2D eigenvalue weighted by Gasteiger charge is -2.34. The van der Waals surface area contributed by atoms with E-state index in [4.69, 9.17) is 4.74 Å². The van der Waals surface area contributed by atoms with Crippen molar-refractivity contribution in [3.8, 4) is 0 Å². The number of hydrogen-bond donors (Lipinski definition) is 0. The number of morpholine rings is 1. The summed E-state index contributed by atoms with van der Waals surface area (Å²) >= 11 is 0. The summed E-state index contributed by atoms with van der Waals surface area (Å²) in [6.07, 6.45) is 11.2. The van der Waals surface area contributed by atoms with Gasteiger partial charge in [-0.15, -0.1) is 0 Å². The zero-order valence-electron chi connectivity index (χ0n) is 12.5.